The van der Waals surface area contributed by atoms with Gasteiger partial charge in [-0.15, -0.1) is 0 Å². The Labute approximate surface area is 193 Å². The van der Waals surface area contributed by atoms with Gasteiger partial charge in [0.1, 0.15) is 12.7 Å². The standard InChI is InChI=1S/C18H25ClN4O10/c1-8(24)21-14-12(22-23-20)6-18(19,17(28)29-5)33-16(14)15(32-11(4)27)13(31-10(3)26)7-30-9(2)25/h12-16H,6-7H2,1-5H3,(H,21,24)/t12-,13-,14+,15-,16+,18-/m0/s1. The van der Waals surface area contributed by atoms with Gasteiger partial charge in [0, 0.05) is 39.0 Å². The van der Waals surface area contributed by atoms with E-state index in [0.717, 1.165) is 34.8 Å². The lowest BCUT2D eigenvalue weighted by Crippen LogP contribution is -2.66. The molecule has 0 aliphatic carbocycles. The van der Waals surface area contributed by atoms with Gasteiger partial charge < -0.3 is 29.0 Å². The summed E-state index contributed by atoms with van der Waals surface area (Å²) in [4.78, 5) is 61.9. The van der Waals surface area contributed by atoms with Crippen LogP contribution in [0.15, 0.2) is 5.11 Å². The number of ether oxygens (including phenoxy) is 5. The second-order valence-electron chi connectivity index (χ2n) is 7.03. The molecule has 1 N–H and O–H groups in total. The highest BCUT2D eigenvalue weighted by Gasteiger charge is 2.56. The summed E-state index contributed by atoms with van der Waals surface area (Å²) in [6.07, 6.45) is -4.94. The summed E-state index contributed by atoms with van der Waals surface area (Å²) in [5, 5.41) is 3.89. The molecular weight excluding hydrogens is 468 g/mol. The minimum Gasteiger partial charge on any atom is -0.466 e. The van der Waals surface area contributed by atoms with Crippen LogP contribution in [0.3, 0.4) is 0 Å². The Hall–Kier alpha value is -3.09. The highest BCUT2D eigenvalue weighted by atomic mass is 35.5. The molecule has 0 bridgehead atoms. The van der Waals surface area contributed by atoms with Gasteiger partial charge in [0.25, 0.3) is 0 Å². The lowest BCUT2D eigenvalue weighted by atomic mass is 9.88. The van der Waals surface area contributed by atoms with E-state index in [4.69, 9.17) is 36.1 Å². The first-order valence-electron chi connectivity index (χ1n) is 9.58. The third-order valence-electron chi connectivity index (χ3n) is 4.38. The van der Waals surface area contributed by atoms with E-state index in [1.165, 1.54) is 0 Å². The molecule has 1 aliphatic heterocycles. The number of alkyl halides is 1. The number of azide groups is 1. The van der Waals surface area contributed by atoms with Crippen LogP contribution < -0.4 is 5.32 Å². The third-order valence-corrected chi connectivity index (χ3v) is 4.78. The van der Waals surface area contributed by atoms with E-state index in [9.17, 15) is 24.0 Å². The van der Waals surface area contributed by atoms with Crippen LogP contribution in [-0.2, 0) is 47.7 Å². The van der Waals surface area contributed by atoms with E-state index in [0.29, 0.717) is 0 Å². The normalized spacial score (nSPS) is 25.9. The van der Waals surface area contributed by atoms with Gasteiger partial charge in [-0.1, -0.05) is 16.7 Å². The minimum atomic E-state index is -2.21. The predicted octanol–water partition coefficient (Wildman–Crippen LogP) is 0.494. The minimum absolute atomic E-state index is 0.415. The molecule has 1 heterocycles. The fourth-order valence-electron chi connectivity index (χ4n) is 3.25. The Kier molecular flexibility index (Phi) is 10.4. The molecule has 1 rings (SSSR count). The van der Waals surface area contributed by atoms with E-state index in [-0.39, 0.29) is 0 Å². The van der Waals surface area contributed by atoms with Crippen molar-refractivity contribution in [3.8, 4) is 0 Å². The van der Waals surface area contributed by atoms with E-state index < -0.39 is 78.3 Å². The highest BCUT2D eigenvalue weighted by Crippen LogP contribution is 2.38. The lowest BCUT2D eigenvalue weighted by Gasteiger charge is -2.46. The summed E-state index contributed by atoms with van der Waals surface area (Å²) in [5.74, 6) is -4.07. The second kappa shape index (κ2) is 12.2. The maximum absolute atomic E-state index is 12.4. The van der Waals surface area contributed by atoms with Gasteiger partial charge in [0.2, 0.25) is 11.0 Å². The van der Waals surface area contributed by atoms with Crippen LogP contribution in [0.4, 0.5) is 0 Å². The molecule has 1 fully saturated rings. The van der Waals surface area contributed by atoms with Crippen molar-refractivity contribution < 1.29 is 47.7 Å². The quantitative estimate of drug-likeness (QED) is 0.118. The predicted molar refractivity (Wildman–Crippen MR) is 108 cm³/mol. The fourth-order valence-corrected chi connectivity index (χ4v) is 3.59. The summed E-state index contributed by atoms with van der Waals surface area (Å²) >= 11 is 6.34. The number of halogens is 1. The molecule has 0 spiro atoms. The summed E-state index contributed by atoms with van der Waals surface area (Å²) in [7, 11) is 1.04. The average Bonchev–Trinajstić information content (AvgIpc) is 2.70. The molecule has 0 aromatic heterocycles. The summed E-state index contributed by atoms with van der Waals surface area (Å²) in [5.41, 5.74) is 9.01. The number of carbonyl (C=O) groups is 5. The SMILES string of the molecule is COC(=O)[C@]1(Cl)C[C@H](N=[N+]=[N-])[C@@H](NC(C)=O)[C@H]([C@@H](OC(C)=O)[C@H](COC(C)=O)OC(C)=O)O1. The van der Waals surface area contributed by atoms with Crippen LogP contribution in [0.5, 0.6) is 0 Å². The van der Waals surface area contributed by atoms with Crippen molar-refractivity contribution in [3.63, 3.8) is 0 Å². The van der Waals surface area contributed by atoms with E-state index in [2.05, 4.69) is 20.1 Å². The van der Waals surface area contributed by atoms with Crippen LogP contribution in [0.25, 0.3) is 10.4 Å². The van der Waals surface area contributed by atoms with Crippen LogP contribution in [0.1, 0.15) is 34.1 Å². The first-order chi connectivity index (χ1) is 15.3. The molecule has 0 saturated carbocycles. The number of amides is 1. The van der Waals surface area contributed by atoms with Gasteiger partial charge in [-0.05, 0) is 5.53 Å². The van der Waals surface area contributed by atoms with Crippen molar-refractivity contribution in [2.24, 2.45) is 5.11 Å². The zero-order valence-electron chi connectivity index (χ0n) is 18.6. The van der Waals surface area contributed by atoms with Crippen molar-refractivity contribution in [1.29, 1.82) is 0 Å². The van der Waals surface area contributed by atoms with E-state index in [1.807, 2.05) is 0 Å². The van der Waals surface area contributed by atoms with Crippen molar-refractivity contribution in [2.75, 3.05) is 13.7 Å². The highest BCUT2D eigenvalue weighted by molar-refractivity contribution is 6.32. The van der Waals surface area contributed by atoms with Gasteiger partial charge in [0.15, 0.2) is 12.2 Å². The summed E-state index contributed by atoms with van der Waals surface area (Å²) in [6.45, 7) is 3.79. The Bertz CT molecular complexity index is 833. The lowest BCUT2D eigenvalue weighted by molar-refractivity contribution is -0.212. The van der Waals surface area contributed by atoms with Crippen molar-refractivity contribution in [1.82, 2.24) is 5.32 Å². The van der Waals surface area contributed by atoms with Crippen LogP contribution >= 0.6 is 11.6 Å². The first-order valence-corrected chi connectivity index (χ1v) is 9.96. The van der Waals surface area contributed by atoms with Crippen LogP contribution in [-0.4, -0.2) is 79.0 Å². The number of hydrogen-bond acceptors (Lipinski definition) is 11. The number of nitrogens with one attached hydrogen (secondary N) is 1. The van der Waals surface area contributed by atoms with Gasteiger partial charge >= 0.3 is 23.9 Å². The monoisotopic (exact) mass is 492 g/mol. The van der Waals surface area contributed by atoms with Crippen molar-refractivity contribution >= 4 is 41.4 Å². The molecule has 1 aliphatic rings. The number of carbonyl (C=O) groups excluding carboxylic acids is 5. The van der Waals surface area contributed by atoms with Gasteiger partial charge in [-0.2, -0.15) is 0 Å². The molecule has 33 heavy (non-hydrogen) atoms. The summed E-state index contributed by atoms with van der Waals surface area (Å²) in [6, 6.07) is -2.38. The zero-order chi connectivity index (χ0) is 25.3. The Morgan fingerprint density at radius 1 is 1.15 bits per heavy atom. The average molecular weight is 493 g/mol. The van der Waals surface area contributed by atoms with Crippen LogP contribution in [0, 0.1) is 0 Å². The molecule has 0 unspecified atom stereocenters. The molecule has 15 heteroatoms. The number of rotatable bonds is 9. The molecule has 1 amide bonds. The molecule has 6 atom stereocenters. The Morgan fingerprint density at radius 3 is 2.21 bits per heavy atom. The third kappa shape index (κ3) is 8.08. The van der Waals surface area contributed by atoms with Gasteiger partial charge in [-0.3, -0.25) is 19.2 Å². The number of esters is 4. The largest absolute Gasteiger partial charge is 0.466 e. The van der Waals surface area contributed by atoms with Gasteiger partial charge in [0.05, 0.1) is 19.2 Å². The van der Waals surface area contributed by atoms with Crippen LogP contribution in [0.2, 0.25) is 0 Å². The number of hydrogen-bond donors (Lipinski definition) is 1. The maximum Gasteiger partial charge on any atom is 0.354 e. The van der Waals surface area contributed by atoms with E-state index in [1.54, 1.807) is 0 Å². The van der Waals surface area contributed by atoms with Gasteiger partial charge in [-0.25, -0.2) is 4.79 Å². The molecule has 1 saturated heterocycles. The zero-order valence-corrected chi connectivity index (χ0v) is 19.4. The molecule has 184 valence electrons. The molecule has 0 aromatic rings. The van der Waals surface area contributed by atoms with E-state index >= 15 is 0 Å². The molecule has 14 nitrogen and oxygen atoms in total. The number of nitrogens with zero attached hydrogens (tertiary/aromatic N) is 3. The fraction of sp³-hybridized carbons (Fsp3) is 0.722. The Balaban J connectivity index is 3.63. The molecule has 0 aromatic carbocycles. The van der Waals surface area contributed by atoms with Crippen molar-refractivity contribution in [3.05, 3.63) is 10.4 Å². The topological polar surface area (TPSA) is 192 Å². The first kappa shape index (κ1) is 27.9. The smallest absolute Gasteiger partial charge is 0.354 e. The number of methoxy groups -OCH3 is 1. The maximum atomic E-state index is 12.4. The molecular formula is C18H25ClN4O10. The van der Waals surface area contributed by atoms with Crippen molar-refractivity contribution in [2.45, 2.75) is 69.6 Å². The Morgan fingerprint density at radius 2 is 1.76 bits per heavy atom. The molecule has 0 radical (unpaired) electrons. The summed E-state index contributed by atoms with van der Waals surface area (Å²) < 4.78 is 25.8. The second-order valence-corrected chi connectivity index (χ2v) is 7.64.